The second-order valence-corrected chi connectivity index (χ2v) is 7.18. The van der Waals surface area contributed by atoms with E-state index in [0.717, 1.165) is 12.0 Å². The lowest BCUT2D eigenvalue weighted by molar-refractivity contribution is 0.0945. The van der Waals surface area contributed by atoms with E-state index in [1.807, 2.05) is 11.8 Å². The van der Waals surface area contributed by atoms with Crippen LogP contribution in [0.2, 0.25) is 10.0 Å². The topological polar surface area (TPSA) is 75.3 Å². The van der Waals surface area contributed by atoms with E-state index >= 15 is 0 Å². The van der Waals surface area contributed by atoms with Crippen LogP contribution in [0.5, 0.6) is 0 Å². The van der Waals surface area contributed by atoms with Crippen molar-refractivity contribution in [3.63, 3.8) is 0 Å². The number of hydrogen-bond acceptors (Lipinski definition) is 3. The van der Waals surface area contributed by atoms with Gasteiger partial charge in [0.15, 0.2) is 0 Å². The lowest BCUT2D eigenvalue weighted by Gasteiger charge is -2.10. The normalized spacial score (nSPS) is 11.3. The fourth-order valence-electron chi connectivity index (χ4n) is 1.82. The van der Waals surface area contributed by atoms with Gasteiger partial charge in [-0.3, -0.25) is 10.2 Å². The summed E-state index contributed by atoms with van der Waals surface area (Å²) in [4.78, 5) is 13.8. The van der Waals surface area contributed by atoms with Gasteiger partial charge in [-0.1, -0.05) is 42.3 Å². The van der Waals surface area contributed by atoms with Gasteiger partial charge in [0.25, 0.3) is 15.9 Å². The predicted molar refractivity (Wildman–Crippen MR) is 90.1 cm³/mol. The van der Waals surface area contributed by atoms with E-state index in [4.69, 9.17) is 23.2 Å². The Kier molecular flexibility index (Phi) is 5.64. The van der Waals surface area contributed by atoms with E-state index < -0.39 is 15.9 Å². The second kappa shape index (κ2) is 7.31. The third-order valence-electron chi connectivity index (χ3n) is 3.11. The van der Waals surface area contributed by atoms with Crippen LogP contribution >= 0.6 is 23.2 Å². The third kappa shape index (κ3) is 4.45. The first kappa shape index (κ1) is 17.7. The molecule has 2 aromatic carbocycles. The fraction of sp³-hybridized carbons (Fsp3) is 0.133. The Labute approximate surface area is 144 Å². The molecule has 0 saturated carbocycles. The van der Waals surface area contributed by atoms with Crippen molar-refractivity contribution in [2.75, 3.05) is 0 Å². The maximum atomic E-state index is 12.2. The van der Waals surface area contributed by atoms with Gasteiger partial charge in [0.2, 0.25) is 0 Å². The van der Waals surface area contributed by atoms with Crippen molar-refractivity contribution in [1.82, 2.24) is 10.3 Å². The molecular weight excluding hydrogens is 359 g/mol. The maximum Gasteiger partial charge on any atom is 0.266 e. The molecule has 2 aromatic rings. The third-order valence-corrected chi connectivity index (χ3v) is 5.07. The molecule has 2 N–H and O–H groups in total. The molecule has 0 heterocycles. The zero-order chi connectivity index (χ0) is 17.0. The first-order valence-electron chi connectivity index (χ1n) is 6.69. The van der Waals surface area contributed by atoms with Crippen molar-refractivity contribution in [2.24, 2.45) is 0 Å². The molecule has 0 saturated heterocycles. The van der Waals surface area contributed by atoms with E-state index in [0.29, 0.717) is 5.56 Å². The molecule has 0 unspecified atom stereocenters. The summed E-state index contributed by atoms with van der Waals surface area (Å²) in [7, 11) is -4.03. The highest BCUT2D eigenvalue weighted by molar-refractivity contribution is 7.89. The molecule has 2 rings (SSSR count). The zero-order valence-corrected chi connectivity index (χ0v) is 14.5. The Morgan fingerprint density at radius 1 is 1.09 bits per heavy atom. The molecule has 1 amide bonds. The van der Waals surface area contributed by atoms with Gasteiger partial charge in [-0.25, -0.2) is 8.42 Å². The van der Waals surface area contributed by atoms with Crippen LogP contribution in [0.25, 0.3) is 0 Å². The number of hydrogen-bond donors (Lipinski definition) is 2. The average molecular weight is 373 g/mol. The van der Waals surface area contributed by atoms with Gasteiger partial charge in [-0.15, -0.1) is 4.83 Å². The van der Waals surface area contributed by atoms with Crippen LogP contribution in [-0.4, -0.2) is 14.3 Å². The Balaban J connectivity index is 2.12. The quantitative estimate of drug-likeness (QED) is 0.791. The SMILES string of the molecule is CCc1ccc(C(=O)NNS(=O)(=O)c2cc(Cl)ccc2Cl)cc1. The number of nitrogens with one attached hydrogen (secondary N) is 2. The molecule has 122 valence electrons. The molecule has 8 heteroatoms. The molecule has 0 spiro atoms. The van der Waals surface area contributed by atoms with Crippen molar-refractivity contribution in [3.05, 3.63) is 63.6 Å². The number of sulfonamides is 1. The molecule has 0 aliphatic carbocycles. The molecular formula is C15H14Cl2N2O3S. The average Bonchev–Trinajstić information content (AvgIpc) is 2.55. The number of rotatable bonds is 5. The van der Waals surface area contributed by atoms with Gasteiger partial charge in [-0.2, -0.15) is 0 Å². The minimum Gasteiger partial charge on any atom is -0.273 e. The number of halogens is 2. The minimum atomic E-state index is -4.03. The molecule has 0 aliphatic rings. The van der Waals surface area contributed by atoms with Gasteiger partial charge in [0.05, 0.1) is 5.02 Å². The maximum absolute atomic E-state index is 12.2. The Bertz CT molecular complexity index is 821. The van der Waals surface area contributed by atoms with Gasteiger partial charge < -0.3 is 0 Å². The Hall–Kier alpha value is -1.60. The van der Waals surface area contributed by atoms with Crippen LogP contribution < -0.4 is 10.3 Å². The van der Waals surface area contributed by atoms with Crippen molar-refractivity contribution in [2.45, 2.75) is 18.2 Å². The van der Waals surface area contributed by atoms with Crippen molar-refractivity contribution < 1.29 is 13.2 Å². The highest BCUT2D eigenvalue weighted by atomic mass is 35.5. The van der Waals surface area contributed by atoms with E-state index in [1.165, 1.54) is 18.2 Å². The summed E-state index contributed by atoms with van der Waals surface area (Å²) in [6.07, 6.45) is 0.849. The Morgan fingerprint density at radius 2 is 1.74 bits per heavy atom. The molecule has 0 bridgehead atoms. The van der Waals surface area contributed by atoms with Crippen LogP contribution in [-0.2, 0) is 16.4 Å². The van der Waals surface area contributed by atoms with Gasteiger partial charge >= 0.3 is 0 Å². The molecule has 23 heavy (non-hydrogen) atoms. The summed E-state index contributed by atoms with van der Waals surface area (Å²) in [6.45, 7) is 2.00. The van der Waals surface area contributed by atoms with E-state index in [2.05, 4.69) is 5.43 Å². The van der Waals surface area contributed by atoms with E-state index in [1.54, 1.807) is 24.3 Å². The first-order chi connectivity index (χ1) is 10.8. The summed E-state index contributed by atoms with van der Waals surface area (Å²) in [5.74, 6) is -0.575. The van der Waals surface area contributed by atoms with E-state index in [9.17, 15) is 13.2 Å². The number of amides is 1. The number of carbonyl (C=O) groups excluding carboxylic acids is 1. The Morgan fingerprint density at radius 3 is 2.35 bits per heavy atom. The van der Waals surface area contributed by atoms with Crippen LogP contribution in [0.1, 0.15) is 22.8 Å². The van der Waals surface area contributed by atoms with Crippen molar-refractivity contribution in [3.8, 4) is 0 Å². The van der Waals surface area contributed by atoms with Crippen molar-refractivity contribution >= 4 is 39.1 Å². The molecule has 0 aliphatic heterocycles. The van der Waals surface area contributed by atoms with Gasteiger partial charge in [0.1, 0.15) is 4.90 Å². The number of hydrazine groups is 1. The lowest BCUT2D eigenvalue weighted by Crippen LogP contribution is -2.41. The number of benzene rings is 2. The summed E-state index contributed by atoms with van der Waals surface area (Å²) in [5.41, 5.74) is 3.56. The van der Waals surface area contributed by atoms with Crippen LogP contribution in [0.4, 0.5) is 0 Å². The predicted octanol–water partition coefficient (Wildman–Crippen LogP) is 3.18. The molecule has 0 fully saturated rings. The largest absolute Gasteiger partial charge is 0.273 e. The molecule has 5 nitrogen and oxygen atoms in total. The zero-order valence-electron chi connectivity index (χ0n) is 12.1. The number of carbonyl (C=O) groups is 1. The number of aryl methyl sites for hydroxylation is 1. The van der Waals surface area contributed by atoms with Gasteiger partial charge in [-0.05, 0) is 42.3 Å². The highest BCUT2D eigenvalue weighted by Gasteiger charge is 2.19. The minimum absolute atomic E-state index is 0.00319. The summed E-state index contributed by atoms with van der Waals surface area (Å²) >= 11 is 11.6. The highest BCUT2D eigenvalue weighted by Crippen LogP contribution is 2.24. The van der Waals surface area contributed by atoms with Crippen LogP contribution in [0.15, 0.2) is 47.4 Å². The smallest absolute Gasteiger partial charge is 0.266 e. The monoisotopic (exact) mass is 372 g/mol. The van der Waals surface area contributed by atoms with Gasteiger partial charge in [0, 0.05) is 10.6 Å². The fourth-order valence-corrected chi connectivity index (χ4v) is 3.42. The lowest BCUT2D eigenvalue weighted by atomic mass is 10.1. The van der Waals surface area contributed by atoms with E-state index in [-0.39, 0.29) is 14.9 Å². The first-order valence-corrected chi connectivity index (χ1v) is 8.93. The van der Waals surface area contributed by atoms with Crippen LogP contribution in [0.3, 0.4) is 0 Å². The molecule has 0 aromatic heterocycles. The second-order valence-electron chi connectivity index (χ2n) is 4.68. The molecule has 0 radical (unpaired) electrons. The van der Waals surface area contributed by atoms with Crippen LogP contribution in [0, 0.1) is 0 Å². The summed E-state index contributed by atoms with van der Waals surface area (Å²) in [5, 5.41) is 0.222. The van der Waals surface area contributed by atoms with Crippen molar-refractivity contribution in [1.29, 1.82) is 0 Å². The standard InChI is InChI=1S/C15H14Cl2N2O3S/c1-2-10-3-5-11(6-4-10)15(20)18-19-23(21,22)14-9-12(16)7-8-13(14)17/h3-9,19H,2H2,1H3,(H,18,20). The molecule has 0 atom stereocenters. The summed E-state index contributed by atoms with van der Waals surface area (Å²) in [6, 6.07) is 10.9. The summed E-state index contributed by atoms with van der Waals surface area (Å²) < 4.78 is 24.3.